The van der Waals surface area contributed by atoms with Gasteiger partial charge in [-0.05, 0) is 0 Å². The molecule has 1 aliphatic rings. The molecule has 1 atom stereocenters. The van der Waals surface area contributed by atoms with Crippen LogP contribution in [0, 0.1) is 0 Å². The van der Waals surface area contributed by atoms with Crippen LogP contribution in [0.2, 0.25) is 0 Å². The van der Waals surface area contributed by atoms with E-state index in [1.807, 2.05) is 0 Å². The minimum absolute atomic E-state index is 0.366. The van der Waals surface area contributed by atoms with Crippen LogP contribution in [0.25, 0.3) is 0 Å². The van der Waals surface area contributed by atoms with Crippen LogP contribution in [0.5, 0.6) is 0 Å². The van der Waals surface area contributed by atoms with Crippen LogP contribution in [0.3, 0.4) is 0 Å². The molecule has 1 heterocycles. The molecule has 0 aliphatic carbocycles. The monoisotopic (exact) mass is 261 g/mol. The van der Waals surface area contributed by atoms with Crippen molar-refractivity contribution in [2.45, 2.75) is 3.92 Å². The Morgan fingerprint density at radius 3 is 2.50 bits per heavy atom. The first-order valence-electron chi connectivity index (χ1n) is 2.11. The van der Waals surface area contributed by atoms with Gasteiger partial charge in [-0.15, -0.1) is 0 Å². The van der Waals surface area contributed by atoms with Crippen LogP contribution in [0.4, 0.5) is 0 Å². The number of hydrogen-bond donors (Lipinski definition) is 1. The molecule has 1 fully saturated rings. The van der Waals surface area contributed by atoms with Crippen LogP contribution < -0.4 is 26.6 Å². The van der Waals surface area contributed by atoms with Crippen molar-refractivity contribution in [2.24, 2.45) is 0 Å². The van der Waals surface area contributed by atoms with Crippen molar-refractivity contribution in [3.63, 3.8) is 0 Å². The predicted octanol–water partition coefficient (Wildman–Crippen LogP) is -3.78. The number of hydrogen-bond acceptors (Lipinski definition) is 1. The zero-order valence-electron chi connectivity index (χ0n) is 4.03. The number of thiocarbonyl (C=S) groups is 1. The minimum atomic E-state index is 0.366. The van der Waals surface area contributed by atoms with E-state index in [0.29, 0.717) is 29.5 Å². The molecule has 1 unspecified atom stereocenters. The molecule has 0 amide bonds. The third-order valence-electron chi connectivity index (χ3n) is 0.873. The molecular formula is C4H5ClINS. The summed E-state index contributed by atoms with van der Waals surface area (Å²) in [6.45, 7) is 0. The molecule has 2 N–H and O–H groups in total. The van der Waals surface area contributed by atoms with Gasteiger partial charge >= 0.3 is 68.8 Å². The fraction of sp³-hybridized carbons (Fsp3) is 0.500. The maximum absolute atomic E-state index is 5.49. The Bertz CT molecular complexity index is 143. The molecule has 46 valence electrons. The number of alkyl halides is 2. The quantitative estimate of drug-likeness (QED) is 0.178. The van der Waals surface area contributed by atoms with Crippen LogP contribution in [0.15, 0.2) is 0 Å². The van der Waals surface area contributed by atoms with E-state index < -0.39 is 0 Å². The fourth-order valence-corrected chi connectivity index (χ4v) is 2.52. The third-order valence-corrected chi connectivity index (χ3v) is 3.76. The van der Waals surface area contributed by atoms with E-state index in [1.54, 1.807) is 0 Å². The second kappa shape index (κ2) is 2.58. The van der Waals surface area contributed by atoms with Crippen LogP contribution >= 0.6 is 23.8 Å². The van der Waals surface area contributed by atoms with Gasteiger partial charge in [0.05, 0.1) is 0 Å². The molecular weight excluding hydrogens is 256 g/mol. The molecule has 1 aliphatic heterocycles. The molecule has 0 spiro atoms. The van der Waals surface area contributed by atoms with Crippen LogP contribution in [0.1, 0.15) is 0 Å². The van der Waals surface area contributed by atoms with Crippen molar-refractivity contribution in [1.82, 2.24) is 0 Å². The number of rotatable bonds is 2. The first kappa shape index (κ1) is 6.89. The van der Waals surface area contributed by atoms with Gasteiger partial charge in [0.1, 0.15) is 0 Å². The van der Waals surface area contributed by atoms with Gasteiger partial charge in [0, 0.05) is 0 Å². The molecule has 4 heteroatoms. The summed E-state index contributed by atoms with van der Waals surface area (Å²) in [5.74, 6) is 0. The van der Waals surface area contributed by atoms with Gasteiger partial charge in [-0.2, -0.15) is 0 Å². The molecule has 0 bridgehead atoms. The number of halogens is 2. The van der Waals surface area contributed by atoms with Crippen molar-refractivity contribution in [2.75, 3.05) is 4.43 Å². The first-order valence-corrected chi connectivity index (χ1v) is 5.67. The first-order chi connectivity index (χ1) is 3.72. The average molecular weight is 262 g/mol. The summed E-state index contributed by atoms with van der Waals surface area (Å²) in [7, 11) is 0. The Labute approximate surface area is 68.6 Å². The van der Waals surface area contributed by atoms with Crippen molar-refractivity contribution in [3.05, 3.63) is 0 Å². The maximum atomic E-state index is 5.49. The van der Waals surface area contributed by atoms with Gasteiger partial charge in [-0.1, -0.05) is 0 Å². The second-order valence-electron chi connectivity index (χ2n) is 1.51. The zero-order chi connectivity index (χ0) is 6.15. The SMILES string of the molecule is [NH2+]=C(C(=S)Cl)C1C[I-]1. The van der Waals surface area contributed by atoms with Gasteiger partial charge < -0.3 is 0 Å². The molecule has 0 radical (unpaired) electrons. The molecule has 0 aromatic rings. The Morgan fingerprint density at radius 1 is 1.88 bits per heavy atom. The van der Waals surface area contributed by atoms with Crippen molar-refractivity contribution < 1.29 is 26.6 Å². The normalized spacial score (nSPS) is 25.9. The average Bonchev–Trinajstić information content (AvgIpc) is 2.43. The third kappa shape index (κ3) is 1.63. The van der Waals surface area contributed by atoms with Crippen LogP contribution in [-0.4, -0.2) is 18.4 Å². The summed E-state index contributed by atoms with van der Waals surface area (Å²) in [5, 5.41) is 5.49. The van der Waals surface area contributed by atoms with Gasteiger partial charge in [0.2, 0.25) is 0 Å². The Hall–Kier alpha value is 0.780. The van der Waals surface area contributed by atoms with Gasteiger partial charge in [0.25, 0.3) is 0 Å². The standard InChI is InChI=1S/C4H4ClINS/c5-4(8)3(7)2-1-6-2/h2,7H,1H2/q-1/p+1. The zero-order valence-corrected chi connectivity index (χ0v) is 7.76. The molecule has 1 nitrogen and oxygen atoms in total. The van der Waals surface area contributed by atoms with E-state index in [2.05, 4.69) is 12.2 Å². The molecule has 0 aromatic heterocycles. The topological polar surface area (TPSA) is 25.6 Å². The summed E-state index contributed by atoms with van der Waals surface area (Å²) in [6, 6.07) is 0. The molecule has 8 heavy (non-hydrogen) atoms. The van der Waals surface area contributed by atoms with Crippen molar-refractivity contribution in [3.8, 4) is 0 Å². The predicted molar refractivity (Wildman–Crippen MR) is 34.0 cm³/mol. The van der Waals surface area contributed by atoms with Gasteiger partial charge in [-0.25, -0.2) is 0 Å². The second-order valence-corrected chi connectivity index (χ2v) is 5.78. The fourth-order valence-electron chi connectivity index (χ4n) is 0.334. The van der Waals surface area contributed by atoms with Gasteiger partial charge in [0.15, 0.2) is 0 Å². The molecule has 1 rings (SSSR count). The van der Waals surface area contributed by atoms with E-state index in [4.69, 9.17) is 17.0 Å². The summed E-state index contributed by atoms with van der Waals surface area (Å²) >= 11 is 10.5. The summed E-state index contributed by atoms with van der Waals surface area (Å²) < 4.78 is 2.28. The van der Waals surface area contributed by atoms with E-state index >= 15 is 0 Å². The molecule has 0 saturated carbocycles. The van der Waals surface area contributed by atoms with E-state index in [-0.39, 0.29) is 0 Å². The van der Waals surface area contributed by atoms with Crippen LogP contribution in [-0.2, 0) is 0 Å². The van der Waals surface area contributed by atoms with E-state index in [9.17, 15) is 0 Å². The Morgan fingerprint density at radius 2 is 2.38 bits per heavy atom. The van der Waals surface area contributed by atoms with Crippen molar-refractivity contribution in [1.29, 1.82) is 0 Å². The Balaban J connectivity index is 2.45. The number of nitrogens with two attached hydrogens (primary N) is 1. The van der Waals surface area contributed by atoms with E-state index in [0.717, 1.165) is 5.71 Å². The summed E-state index contributed by atoms with van der Waals surface area (Å²) in [6.07, 6.45) is 0. The van der Waals surface area contributed by atoms with E-state index in [1.165, 1.54) is 4.43 Å². The summed E-state index contributed by atoms with van der Waals surface area (Å²) in [5.41, 5.74) is 0.759. The van der Waals surface area contributed by atoms with Gasteiger partial charge in [-0.3, -0.25) is 0 Å². The Kier molecular flexibility index (Phi) is 2.22. The molecule has 1 saturated heterocycles. The van der Waals surface area contributed by atoms with Crippen molar-refractivity contribution >= 4 is 33.9 Å². The summed E-state index contributed by atoms with van der Waals surface area (Å²) in [4.78, 5) is 0. The molecule has 0 aromatic carbocycles.